The van der Waals surface area contributed by atoms with Crippen molar-refractivity contribution in [3.05, 3.63) is 35.9 Å². The van der Waals surface area contributed by atoms with Crippen LogP contribution in [0.25, 0.3) is 0 Å². The Morgan fingerprint density at radius 1 is 1.17 bits per heavy atom. The van der Waals surface area contributed by atoms with Gasteiger partial charge in [-0.05, 0) is 43.1 Å². The fourth-order valence-electron chi connectivity index (χ4n) is 4.45. The van der Waals surface area contributed by atoms with Gasteiger partial charge in [-0.15, -0.1) is 12.4 Å². The molecule has 1 aromatic rings. The Kier molecular flexibility index (Phi) is 6.33. The van der Waals surface area contributed by atoms with Gasteiger partial charge in [-0.2, -0.15) is 0 Å². The Morgan fingerprint density at radius 3 is 2.33 bits per heavy atom. The molecule has 2 aliphatic rings. The second-order valence-electron chi connectivity index (χ2n) is 8.16. The van der Waals surface area contributed by atoms with Crippen LogP contribution in [0.4, 0.5) is 0 Å². The summed E-state index contributed by atoms with van der Waals surface area (Å²) in [7, 11) is 0. The first-order chi connectivity index (χ1) is 11.0. The molecule has 2 fully saturated rings. The molecular formula is C20H31ClN2O. The number of fused-ring (bicyclic) bond motifs is 2. The van der Waals surface area contributed by atoms with Gasteiger partial charge in [-0.25, -0.2) is 0 Å². The van der Waals surface area contributed by atoms with Crippen molar-refractivity contribution in [1.29, 1.82) is 0 Å². The highest BCUT2D eigenvalue weighted by atomic mass is 35.5. The lowest BCUT2D eigenvalue weighted by Gasteiger charge is -2.43. The standard InChI is InChI=1S/C20H30N2O.ClH/c1-20(2,17-9-4-3-5-10-17)13-22-19(23)16-11-14-7-6-8-15(12-16)18(14)21;/h3-5,9-10,14-16,18H,6-8,11-13,21H2,1-2H3,(H,22,23);1H. The van der Waals surface area contributed by atoms with Crippen molar-refractivity contribution in [3.63, 3.8) is 0 Å². The van der Waals surface area contributed by atoms with Gasteiger partial charge in [0.15, 0.2) is 0 Å². The summed E-state index contributed by atoms with van der Waals surface area (Å²) in [5.41, 5.74) is 7.56. The minimum Gasteiger partial charge on any atom is -0.355 e. The van der Waals surface area contributed by atoms with Crippen LogP contribution in [-0.2, 0) is 10.2 Å². The normalized spacial score (nSPS) is 29.5. The minimum atomic E-state index is -0.0438. The predicted octanol–water partition coefficient (Wildman–Crippen LogP) is 3.66. The summed E-state index contributed by atoms with van der Waals surface area (Å²) < 4.78 is 0. The SMILES string of the molecule is CC(C)(CNC(=O)C1CC2CCCC(C1)C2N)c1ccccc1.Cl. The molecule has 2 atom stereocenters. The Hall–Kier alpha value is -1.06. The lowest BCUT2D eigenvalue weighted by molar-refractivity contribution is -0.128. The zero-order valence-electron chi connectivity index (χ0n) is 14.8. The molecule has 2 aliphatic carbocycles. The molecule has 2 unspecified atom stereocenters. The lowest BCUT2D eigenvalue weighted by Crippen LogP contribution is -2.50. The lowest BCUT2D eigenvalue weighted by atomic mass is 9.65. The fraction of sp³-hybridized carbons (Fsp3) is 0.650. The minimum absolute atomic E-state index is 0. The monoisotopic (exact) mass is 350 g/mol. The van der Waals surface area contributed by atoms with Crippen LogP contribution in [0, 0.1) is 17.8 Å². The van der Waals surface area contributed by atoms with E-state index < -0.39 is 0 Å². The van der Waals surface area contributed by atoms with E-state index in [4.69, 9.17) is 5.73 Å². The van der Waals surface area contributed by atoms with Crippen LogP contribution in [0.5, 0.6) is 0 Å². The highest BCUT2D eigenvalue weighted by Crippen LogP contribution is 2.41. The molecule has 2 saturated carbocycles. The predicted molar refractivity (Wildman–Crippen MR) is 101 cm³/mol. The molecule has 1 amide bonds. The van der Waals surface area contributed by atoms with E-state index in [0.29, 0.717) is 24.4 Å². The molecule has 0 heterocycles. The van der Waals surface area contributed by atoms with Crippen LogP contribution in [0.2, 0.25) is 0 Å². The summed E-state index contributed by atoms with van der Waals surface area (Å²) in [5, 5.41) is 3.22. The summed E-state index contributed by atoms with van der Waals surface area (Å²) in [6.45, 7) is 5.07. The molecule has 134 valence electrons. The summed E-state index contributed by atoms with van der Waals surface area (Å²) in [6, 6.07) is 10.7. The molecule has 3 N–H and O–H groups in total. The van der Waals surface area contributed by atoms with Crippen molar-refractivity contribution >= 4 is 18.3 Å². The van der Waals surface area contributed by atoms with Gasteiger partial charge in [-0.3, -0.25) is 4.79 Å². The average molecular weight is 351 g/mol. The number of nitrogens with one attached hydrogen (secondary N) is 1. The highest BCUT2D eigenvalue weighted by molar-refractivity contribution is 5.85. The molecule has 3 rings (SSSR count). The maximum Gasteiger partial charge on any atom is 0.223 e. The van der Waals surface area contributed by atoms with Gasteiger partial charge in [0.05, 0.1) is 0 Å². The Balaban J connectivity index is 0.00000208. The van der Waals surface area contributed by atoms with Gasteiger partial charge in [0.2, 0.25) is 5.91 Å². The number of hydrogen-bond donors (Lipinski definition) is 2. The van der Waals surface area contributed by atoms with Crippen LogP contribution in [0.1, 0.15) is 51.5 Å². The van der Waals surface area contributed by atoms with E-state index >= 15 is 0 Å². The quantitative estimate of drug-likeness (QED) is 0.870. The Bertz CT molecular complexity index is 532. The first kappa shape index (κ1) is 19.3. The van der Waals surface area contributed by atoms with Crippen LogP contribution < -0.4 is 11.1 Å². The summed E-state index contributed by atoms with van der Waals surface area (Å²) in [4.78, 5) is 12.7. The van der Waals surface area contributed by atoms with E-state index in [-0.39, 0.29) is 29.6 Å². The molecule has 0 spiro atoms. The summed E-state index contributed by atoms with van der Waals surface area (Å²) in [6.07, 6.45) is 5.66. The van der Waals surface area contributed by atoms with Crippen LogP contribution in [-0.4, -0.2) is 18.5 Å². The average Bonchev–Trinajstić information content (AvgIpc) is 2.53. The van der Waals surface area contributed by atoms with Crippen molar-refractivity contribution < 1.29 is 4.79 Å². The number of amides is 1. The number of nitrogens with two attached hydrogens (primary N) is 1. The molecule has 3 nitrogen and oxygen atoms in total. The summed E-state index contributed by atoms with van der Waals surface area (Å²) >= 11 is 0. The third-order valence-corrected chi connectivity index (χ3v) is 6.04. The van der Waals surface area contributed by atoms with E-state index in [2.05, 4.69) is 43.4 Å². The maximum absolute atomic E-state index is 12.7. The number of benzene rings is 1. The van der Waals surface area contributed by atoms with Crippen LogP contribution in [0.15, 0.2) is 30.3 Å². The smallest absolute Gasteiger partial charge is 0.223 e. The number of rotatable bonds is 4. The number of carbonyl (C=O) groups is 1. The van der Waals surface area contributed by atoms with E-state index in [1.54, 1.807) is 0 Å². The fourth-order valence-corrected chi connectivity index (χ4v) is 4.45. The van der Waals surface area contributed by atoms with Gasteiger partial charge in [0.1, 0.15) is 0 Å². The second-order valence-corrected chi connectivity index (χ2v) is 8.16. The number of halogens is 1. The van der Waals surface area contributed by atoms with Crippen molar-refractivity contribution in [1.82, 2.24) is 5.32 Å². The molecule has 0 radical (unpaired) electrons. The zero-order valence-corrected chi connectivity index (χ0v) is 15.6. The van der Waals surface area contributed by atoms with Crippen molar-refractivity contribution in [2.75, 3.05) is 6.54 Å². The largest absolute Gasteiger partial charge is 0.355 e. The summed E-state index contributed by atoms with van der Waals surface area (Å²) in [5.74, 6) is 1.51. The van der Waals surface area contributed by atoms with E-state index in [9.17, 15) is 4.79 Å². The molecule has 2 bridgehead atoms. The van der Waals surface area contributed by atoms with Gasteiger partial charge >= 0.3 is 0 Å². The first-order valence-corrected chi connectivity index (χ1v) is 9.06. The van der Waals surface area contributed by atoms with Gasteiger partial charge in [0, 0.05) is 23.9 Å². The Labute approximate surface area is 152 Å². The third-order valence-electron chi connectivity index (χ3n) is 6.04. The highest BCUT2D eigenvalue weighted by Gasteiger charge is 2.40. The van der Waals surface area contributed by atoms with Crippen LogP contribution in [0.3, 0.4) is 0 Å². The van der Waals surface area contributed by atoms with E-state index in [1.165, 1.54) is 24.8 Å². The van der Waals surface area contributed by atoms with Crippen molar-refractivity contribution in [3.8, 4) is 0 Å². The molecule has 4 heteroatoms. The zero-order chi connectivity index (χ0) is 16.4. The second kappa shape index (κ2) is 7.88. The Morgan fingerprint density at radius 2 is 1.75 bits per heavy atom. The van der Waals surface area contributed by atoms with E-state index in [0.717, 1.165) is 12.8 Å². The first-order valence-electron chi connectivity index (χ1n) is 9.06. The molecule has 24 heavy (non-hydrogen) atoms. The van der Waals surface area contributed by atoms with E-state index in [1.807, 2.05) is 6.07 Å². The number of hydrogen-bond acceptors (Lipinski definition) is 2. The molecule has 1 aromatic carbocycles. The third kappa shape index (κ3) is 4.12. The van der Waals surface area contributed by atoms with Gasteiger partial charge < -0.3 is 11.1 Å². The van der Waals surface area contributed by atoms with Crippen LogP contribution >= 0.6 is 12.4 Å². The molecule has 0 aliphatic heterocycles. The van der Waals surface area contributed by atoms with Gasteiger partial charge in [-0.1, -0.05) is 50.6 Å². The molecular weight excluding hydrogens is 320 g/mol. The number of carbonyl (C=O) groups excluding carboxylic acids is 1. The van der Waals surface area contributed by atoms with Crippen molar-refractivity contribution in [2.24, 2.45) is 23.5 Å². The van der Waals surface area contributed by atoms with Gasteiger partial charge in [0.25, 0.3) is 0 Å². The topological polar surface area (TPSA) is 55.1 Å². The maximum atomic E-state index is 12.7. The molecule has 0 aromatic heterocycles. The molecule has 0 saturated heterocycles. The van der Waals surface area contributed by atoms with Crippen molar-refractivity contribution in [2.45, 2.75) is 57.4 Å².